The van der Waals surface area contributed by atoms with Gasteiger partial charge in [0.05, 0.1) is 6.16 Å². The smallest absolute Gasteiger partial charge is 0.382 e. The van der Waals surface area contributed by atoms with Crippen molar-refractivity contribution in [3.05, 3.63) is 35.9 Å². The maximum atomic E-state index is 12.0. The summed E-state index contributed by atoms with van der Waals surface area (Å²) in [6, 6.07) is 9.91. The molecule has 1 fully saturated rings. The van der Waals surface area contributed by atoms with Crippen molar-refractivity contribution in [2.45, 2.75) is 25.9 Å². The Morgan fingerprint density at radius 2 is 2.00 bits per heavy atom. The summed E-state index contributed by atoms with van der Waals surface area (Å²) < 4.78 is 21.8. The van der Waals surface area contributed by atoms with Gasteiger partial charge in [-0.05, 0) is 25.3 Å². The quantitative estimate of drug-likeness (QED) is 0.775. The van der Waals surface area contributed by atoms with Crippen LogP contribution in [0, 0.1) is 0 Å². The molecule has 0 saturated carbocycles. The zero-order valence-electron chi connectivity index (χ0n) is 9.67. The molecule has 0 amide bonds. The molecule has 2 atom stereocenters. The van der Waals surface area contributed by atoms with Crippen molar-refractivity contribution in [3.8, 4) is 0 Å². The number of rotatable bonds is 4. The lowest BCUT2D eigenvalue weighted by Gasteiger charge is -2.08. The van der Waals surface area contributed by atoms with Crippen LogP contribution < -0.4 is 0 Å². The topological polar surface area (TPSA) is 52.6 Å². The van der Waals surface area contributed by atoms with Crippen LogP contribution in [0.3, 0.4) is 0 Å². The summed E-state index contributed by atoms with van der Waals surface area (Å²) in [5.74, 6) is -0.520. The third-order valence-corrected chi connectivity index (χ3v) is 4.58. The van der Waals surface area contributed by atoms with Crippen molar-refractivity contribution in [3.63, 3.8) is 0 Å². The molecule has 5 heteroatoms. The van der Waals surface area contributed by atoms with E-state index in [4.69, 9.17) is 9.05 Å². The molecule has 0 radical (unpaired) electrons. The van der Waals surface area contributed by atoms with Crippen LogP contribution in [0.25, 0.3) is 0 Å². The molecule has 0 spiro atoms. The molecule has 0 aromatic heterocycles. The predicted molar refractivity (Wildman–Crippen MR) is 63.9 cm³/mol. The van der Waals surface area contributed by atoms with Crippen molar-refractivity contribution in [1.82, 2.24) is 0 Å². The van der Waals surface area contributed by atoms with E-state index >= 15 is 0 Å². The second-order valence-electron chi connectivity index (χ2n) is 4.08. The first-order valence-electron chi connectivity index (χ1n) is 5.64. The molecule has 1 heterocycles. The molecule has 4 nitrogen and oxygen atoms in total. The standard InChI is InChI=1S/C12H15O4P/c1-10-12(13)16-17(14,15-10)9-5-8-11-6-3-2-4-7-11/h2-4,6-7,10H,5,8-9H2,1H3/t10-,17?/m0/s1. The molecular formula is C12H15O4P. The Labute approximate surface area is 100 Å². The third-order valence-electron chi connectivity index (χ3n) is 2.62. The monoisotopic (exact) mass is 254 g/mol. The number of carbonyl (C=O) groups excluding carboxylic acids is 1. The predicted octanol–water partition coefficient (Wildman–Crippen LogP) is 2.77. The lowest BCUT2D eigenvalue weighted by atomic mass is 10.1. The van der Waals surface area contributed by atoms with Gasteiger partial charge in [0.1, 0.15) is 0 Å². The second-order valence-corrected chi connectivity index (χ2v) is 6.14. The van der Waals surface area contributed by atoms with Gasteiger partial charge in [0.15, 0.2) is 6.10 Å². The summed E-state index contributed by atoms with van der Waals surface area (Å²) in [6.07, 6.45) is 1.08. The van der Waals surface area contributed by atoms with Crippen molar-refractivity contribution in [2.24, 2.45) is 0 Å². The van der Waals surface area contributed by atoms with E-state index in [9.17, 15) is 9.36 Å². The van der Waals surface area contributed by atoms with E-state index in [-0.39, 0.29) is 6.16 Å². The van der Waals surface area contributed by atoms with E-state index in [2.05, 4.69) is 0 Å². The first-order chi connectivity index (χ1) is 8.09. The summed E-state index contributed by atoms with van der Waals surface area (Å²) in [6.45, 7) is 1.55. The van der Waals surface area contributed by atoms with Crippen LogP contribution in [0.4, 0.5) is 0 Å². The Balaban J connectivity index is 1.83. The fraction of sp³-hybridized carbons (Fsp3) is 0.417. The Bertz CT molecular complexity index is 443. The zero-order chi connectivity index (χ0) is 12.3. The summed E-state index contributed by atoms with van der Waals surface area (Å²) in [5.41, 5.74) is 1.18. The van der Waals surface area contributed by atoms with Gasteiger partial charge in [0.25, 0.3) is 0 Å². The Hall–Kier alpha value is -1.12. The molecule has 1 aromatic rings. The number of benzene rings is 1. The summed E-state index contributed by atoms with van der Waals surface area (Å²) >= 11 is 0. The first-order valence-corrected chi connectivity index (χ1v) is 7.37. The lowest BCUT2D eigenvalue weighted by Crippen LogP contribution is -2.09. The van der Waals surface area contributed by atoms with E-state index in [1.807, 2.05) is 30.3 Å². The first kappa shape index (κ1) is 12.3. The molecule has 1 aromatic carbocycles. The average molecular weight is 254 g/mol. The lowest BCUT2D eigenvalue weighted by molar-refractivity contribution is -0.135. The number of hydrogen-bond donors (Lipinski definition) is 0. The molecule has 1 aliphatic rings. The van der Waals surface area contributed by atoms with Gasteiger partial charge in [-0.25, -0.2) is 9.36 Å². The normalized spacial score (nSPS) is 28.1. The average Bonchev–Trinajstić information content (AvgIpc) is 2.54. The molecule has 2 rings (SSSR count). The highest BCUT2D eigenvalue weighted by atomic mass is 31.2. The molecule has 0 bridgehead atoms. The maximum absolute atomic E-state index is 12.0. The molecule has 1 unspecified atom stereocenters. The second kappa shape index (κ2) is 5.03. The van der Waals surface area contributed by atoms with Crippen LogP contribution in [-0.4, -0.2) is 18.2 Å². The van der Waals surface area contributed by atoms with Crippen molar-refractivity contribution < 1.29 is 18.4 Å². The van der Waals surface area contributed by atoms with Gasteiger partial charge in [0, 0.05) is 0 Å². The fourth-order valence-electron chi connectivity index (χ4n) is 1.74. The van der Waals surface area contributed by atoms with E-state index in [0.29, 0.717) is 6.42 Å². The maximum Gasteiger partial charge on any atom is 0.382 e. The fourth-order valence-corrected chi connectivity index (χ4v) is 3.51. The molecule has 92 valence electrons. The van der Waals surface area contributed by atoms with Crippen LogP contribution in [0.1, 0.15) is 18.9 Å². The van der Waals surface area contributed by atoms with Crippen molar-refractivity contribution >= 4 is 13.6 Å². The minimum absolute atomic E-state index is 0.290. The molecule has 0 aliphatic carbocycles. The highest BCUT2D eigenvalue weighted by Gasteiger charge is 2.41. The number of carbonyl (C=O) groups is 1. The van der Waals surface area contributed by atoms with E-state index in [1.165, 1.54) is 5.56 Å². The Morgan fingerprint density at radius 1 is 1.29 bits per heavy atom. The van der Waals surface area contributed by atoms with Crippen LogP contribution in [0.15, 0.2) is 30.3 Å². The third kappa shape index (κ3) is 3.18. The highest BCUT2D eigenvalue weighted by Crippen LogP contribution is 2.54. The largest absolute Gasteiger partial charge is 0.390 e. The van der Waals surface area contributed by atoms with Gasteiger partial charge in [-0.2, -0.15) is 0 Å². The van der Waals surface area contributed by atoms with Gasteiger partial charge < -0.3 is 4.52 Å². The summed E-state index contributed by atoms with van der Waals surface area (Å²) in [4.78, 5) is 11.1. The Kier molecular flexibility index (Phi) is 3.65. The minimum atomic E-state index is -3.17. The van der Waals surface area contributed by atoms with Gasteiger partial charge in [-0.1, -0.05) is 30.3 Å². The zero-order valence-corrected chi connectivity index (χ0v) is 10.6. The summed E-state index contributed by atoms with van der Waals surface area (Å²) in [7, 11) is -3.17. The number of aryl methyl sites for hydroxylation is 1. The van der Waals surface area contributed by atoms with Gasteiger partial charge in [-0.15, -0.1) is 0 Å². The molecular weight excluding hydrogens is 239 g/mol. The van der Waals surface area contributed by atoms with Gasteiger partial charge >= 0.3 is 13.6 Å². The van der Waals surface area contributed by atoms with Crippen LogP contribution in [-0.2, 0) is 24.8 Å². The Morgan fingerprint density at radius 3 is 2.59 bits per heavy atom. The van der Waals surface area contributed by atoms with Crippen LogP contribution >= 0.6 is 7.60 Å². The molecule has 1 aliphatic heterocycles. The molecule has 0 N–H and O–H groups in total. The van der Waals surface area contributed by atoms with Gasteiger partial charge in [-0.3, -0.25) is 4.52 Å². The van der Waals surface area contributed by atoms with Crippen molar-refractivity contribution in [1.29, 1.82) is 0 Å². The van der Waals surface area contributed by atoms with Crippen LogP contribution in [0.2, 0.25) is 0 Å². The van der Waals surface area contributed by atoms with Crippen LogP contribution in [0.5, 0.6) is 0 Å². The van der Waals surface area contributed by atoms with Crippen molar-refractivity contribution in [2.75, 3.05) is 6.16 Å². The van der Waals surface area contributed by atoms with Gasteiger partial charge in [0.2, 0.25) is 0 Å². The SMILES string of the molecule is C[C@@H]1OP(=O)(CCCc2ccccc2)OC1=O. The number of hydrogen-bond acceptors (Lipinski definition) is 4. The van der Waals surface area contributed by atoms with E-state index < -0.39 is 19.7 Å². The minimum Gasteiger partial charge on any atom is -0.390 e. The summed E-state index contributed by atoms with van der Waals surface area (Å²) in [5, 5.41) is 0. The molecule has 17 heavy (non-hydrogen) atoms. The molecule has 1 saturated heterocycles. The highest BCUT2D eigenvalue weighted by molar-refractivity contribution is 7.54. The van der Waals surface area contributed by atoms with E-state index in [1.54, 1.807) is 6.92 Å². The van der Waals surface area contributed by atoms with E-state index in [0.717, 1.165) is 6.42 Å².